The number of aromatic nitrogens is 5. The zero-order chi connectivity index (χ0) is 16.9. The first-order chi connectivity index (χ1) is 11.6. The summed E-state index contributed by atoms with van der Waals surface area (Å²) in [6, 6.07) is 10.5. The number of hydrogen-bond donors (Lipinski definition) is 1. The summed E-state index contributed by atoms with van der Waals surface area (Å²) in [4.78, 5) is 16.3. The van der Waals surface area contributed by atoms with Gasteiger partial charge in [-0.05, 0) is 53.2 Å². The molecule has 8 heteroatoms. The average Bonchev–Trinajstić information content (AvgIpc) is 3.00. The average molecular weight is 324 g/mol. The lowest BCUT2D eigenvalue weighted by Crippen LogP contribution is -2.12. The van der Waals surface area contributed by atoms with Gasteiger partial charge in [0.2, 0.25) is 0 Å². The molecule has 0 radical (unpaired) electrons. The molecule has 8 nitrogen and oxygen atoms in total. The van der Waals surface area contributed by atoms with Crippen LogP contribution in [0.15, 0.2) is 42.6 Å². The highest BCUT2D eigenvalue weighted by Crippen LogP contribution is 2.15. The highest BCUT2D eigenvalue weighted by molar-refractivity contribution is 6.03. The third-order valence-corrected chi connectivity index (χ3v) is 3.35. The molecule has 3 rings (SSSR count). The third kappa shape index (κ3) is 3.72. The lowest BCUT2D eigenvalue weighted by Gasteiger charge is -2.07. The van der Waals surface area contributed by atoms with Gasteiger partial charge < -0.3 is 10.1 Å². The van der Waals surface area contributed by atoms with Crippen LogP contribution in [0.3, 0.4) is 0 Å². The number of carbonyl (C=O) groups excluding carboxylic acids is 1. The van der Waals surface area contributed by atoms with Crippen LogP contribution in [0.5, 0.6) is 5.75 Å². The van der Waals surface area contributed by atoms with Crippen molar-refractivity contribution >= 4 is 11.7 Å². The first-order valence-electron chi connectivity index (χ1n) is 7.30. The van der Waals surface area contributed by atoms with Crippen molar-refractivity contribution in [3.05, 3.63) is 59.5 Å². The second kappa shape index (κ2) is 6.86. The molecule has 122 valence electrons. The summed E-state index contributed by atoms with van der Waals surface area (Å²) in [5, 5.41) is 13.9. The Labute approximate surface area is 138 Å². The van der Waals surface area contributed by atoms with Gasteiger partial charge in [-0.2, -0.15) is 0 Å². The van der Waals surface area contributed by atoms with E-state index in [0.717, 1.165) is 5.56 Å². The van der Waals surface area contributed by atoms with Crippen molar-refractivity contribution < 1.29 is 9.53 Å². The summed E-state index contributed by atoms with van der Waals surface area (Å²) in [6.45, 7) is 2.19. The molecule has 3 aromatic rings. The minimum Gasteiger partial charge on any atom is -0.486 e. The van der Waals surface area contributed by atoms with Crippen molar-refractivity contribution in [2.75, 3.05) is 5.32 Å². The van der Waals surface area contributed by atoms with Crippen LogP contribution in [-0.4, -0.2) is 31.1 Å². The molecule has 0 spiro atoms. The van der Waals surface area contributed by atoms with Crippen LogP contribution >= 0.6 is 0 Å². The maximum Gasteiger partial charge on any atom is 0.256 e. The molecule has 0 bridgehead atoms. The largest absolute Gasteiger partial charge is 0.486 e. The minimum absolute atomic E-state index is 0.226. The maximum atomic E-state index is 12.2. The van der Waals surface area contributed by atoms with Gasteiger partial charge in [-0.25, -0.2) is 9.67 Å². The number of nitrogens with one attached hydrogen (secondary N) is 1. The Hall–Kier alpha value is -3.29. The fourth-order valence-electron chi connectivity index (χ4n) is 1.95. The molecule has 0 saturated heterocycles. The van der Waals surface area contributed by atoms with Crippen LogP contribution in [0, 0.1) is 6.92 Å². The van der Waals surface area contributed by atoms with Gasteiger partial charge in [0.15, 0.2) is 5.82 Å². The summed E-state index contributed by atoms with van der Waals surface area (Å²) < 4.78 is 7.13. The highest BCUT2D eigenvalue weighted by atomic mass is 16.5. The van der Waals surface area contributed by atoms with Crippen LogP contribution in [0.25, 0.3) is 0 Å². The molecule has 0 fully saturated rings. The van der Waals surface area contributed by atoms with E-state index in [2.05, 4.69) is 25.8 Å². The van der Waals surface area contributed by atoms with Crippen molar-refractivity contribution in [1.82, 2.24) is 25.2 Å². The van der Waals surface area contributed by atoms with E-state index < -0.39 is 0 Å². The van der Waals surface area contributed by atoms with E-state index in [1.165, 1.54) is 4.68 Å². The van der Waals surface area contributed by atoms with Crippen molar-refractivity contribution in [2.24, 2.45) is 7.05 Å². The van der Waals surface area contributed by atoms with Gasteiger partial charge in [0.05, 0.1) is 0 Å². The molecule has 2 aromatic heterocycles. The van der Waals surface area contributed by atoms with Crippen molar-refractivity contribution in [1.29, 1.82) is 0 Å². The second-order valence-corrected chi connectivity index (χ2v) is 5.21. The summed E-state index contributed by atoms with van der Waals surface area (Å²) in [5.74, 6) is 1.53. The van der Waals surface area contributed by atoms with Gasteiger partial charge in [0.25, 0.3) is 5.91 Å². The number of benzene rings is 1. The Morgan fingerprint density at radius 1 is 1.21 bits per heavy atom. The number of anilines is 1. The maximum absolute atomic E-state index is 12.2. The lowest BCUT2D eigenvalue weighted by atomic mass is 10.2. The third-order valence-electron chi connectivity index (χ3n) is 3.35. The molecular weight excluding hydrogens is 308 g/mol. The van der Waals surface area contributed by atoms with E-state index in [-0.39, 0.29) is 12.5 Å². The van der Waals surface area contributed by atoms with Crippen molar-refractivity contribution in [2.45, 2.75) is 13.5 Å². The molecule has 1 amide bonds. The molecule has 1 N–H and O–H groups in total. The number of amides is 1. The van der Waals surface area contributed by atoms with Crippen LogP contribution in [0.1, 0.15) is 21.7 Å². The van der Waals surface area contributed by atoms with Crippen LogP contribution in [0.2, 0.25) is 0 Å². The Balaban J connectivity index is 1.60. The number of nitrogens with zero attached hydrogens (tertiary/aromatic N) is 5. The first kappa shape index (κ1) is 15.6. The minimum atomic E-state index is -0.226. The summed E-state index contributed by atoms with van der Waals surface area (Å²) in [5.41, 5.74) is 1.55. The number of carbonyl (C=O) groups is 1. The summed E-state index contributed by atoms with van der Waals surface area (Å²) in [6.07, 6.45) is 1.70. The van der Waals surface area contributed by atoms with Gasteiger partial charge in [-0.15, -0.1) is 5.10 Å². The number of hydrogen-bond acceptors (Lipinski definition) is 6. The van der Waals surface area contributed by atoms with Gasteiger partial charge in [0.1, 0.15) is 18.2 Å². The predicted octanol–water partition coefficient (Wildman–Crippen LogP) is 1.74. The standard InChI is InChI=1S/C16H16N6O2/c1-11-3-8-14(17-9-11)18-16(23)12-4-6-13(7-5-12)24-10-15-19-20-21-22(15)2/h3-9H,10H2,1-2H3,(H,17,18,23). The molecule has 0 saturated carbocycles. The molecule has 0 aliphatic carbocycles. The number of aryl methyl sites for hydroxylation is 2. The Morgan fingerprint density at radius 3 is 2.62 bits per heavy atom. The van der Waals surface area contributed by atoms with E-state index in [4.69, 9.17) is 4.74 Å². The number of ether oxygens (including phenoxy) is 1. The van der Waals surface area contributed by atoms with E-state index in [1.54, 1.807) is 43.6 Å². The van der Waals surface area contributed by atoms with E-state index >= 15 is 0 Å². The Kier molecular flexibility index (Phi) is 4.46. The van der Waals surface area contributed by atoms with E-state index in [9.17, 15) is 4.79 Å². The van der Waals surface area contributed by atoms with E-state index in [0.29, 0.717) is 23.0 Å². The monoisotopic (exact) mass is 324 g/mol. The lowest BCUT2D eigenvalue weighted by molar-refractivity contribution is 0.102. The van der Waals surface area contributed by atoms with E-state index in [1.807, 2.05) is 13.0 Å². The Bertz CT molecular complexity index is 827. The second-order valence-electron chi connectivity index (χ2n) is 5.21. The number of pyridine rings is 1. The quantitative estimate of drug-likeness (QED) is 0.768. The summed E-state index contributed by atoms with van der Waals surface area (Å²) in [7, 11) is 1.74. The van der Waals surface area contributed by atoms with Crippen LogP contribution in [-0.2, 0) is 13.7 Å². The molecule has 24 heavy (non-hydrogen) atoms. The fraction of sp³-hybridized carbons (Fsp3) is 0.188. The van der Waals surface area contributed by atoms with Crippen molar-refractivity contribution in [3.8, 4) is 5.75 Å². The predicted molar refractivity (Wildman–Crippen MR) is 86.5 cm³/mol. The highest BCUT2D eigenvalue weighted by Gasteiger charge is 2.08. The molecule has 2 heterocycles. The van der Waals surface area contributed by atoms with Gasteiger partial charge in [0, 0.05) is 18.8 Å². The first-order valence-corrected chi connectivity index (χ1v) is 7.30. The van der Waals surface area contributed by atoms with Crippen LogP contribution < -0.4 is 10.1 Å². The molecule has 1 aromatic carbocycles. The van der Waals surface area contributed by atoms with Gasteiger partial charge >= 0.3 is 0 Å². The molecule has 0 unspecified atom stereocenters. The van der Waals surface area contributed by atoms with Gasteiger partial charge in [-0.3, -0.25) is 4.79 Å². The number of rotatable bonds is 5. The fourth-order valence-corrected chi connectivity index (χ4v) is 1.95. The van der Waals surface area contributed by atoms with Crippen LogP contribution in [0.4, 0.5) is 5.82 Å². The smallest absolute Gasteiger partial charge is 0.256 e. The summed E-state index contributed by atoms with van der Waals surface area (Å²) >= 11 is 0. The molecular formula is C16H16N6O2. The SMILES string of the molecule is Cc1ccc(NC(=O)c2ccc(OCc3nnnn3C)cc2)nc1. The zero-order valence-electron chi connectivity index (χ0n) is 13.3. The molecule has 0 aliphatic heterocycles. The van der Waals surface area contributed by atoms with Gasteiger partial charge in [-0.1, -0.05) is 6.07 Å². The Morgan fingerprint density at radius 2 is 2.00 bits per heavy atom. The topological polar surface area (TPSA) is 94.8 Å². The van der Waals surface area contributed by atoms with Crippen molar-refractivity contribution in [3.63, 3.8) is 0 Å². The molecule has 0 atom stereocenters. The number of tetrazole rings is 1. The zero-order valence-corrected chi connectivity index (χ0v) is 13.3. The molecule has 0 aliphatic rings. The normalized spacial score (nSPS) is 10.4.